The van der Waals surface area contributed by atoms with Crippen molar-refractivity contribution in [1.82, 2.24) is 5.06 Å². The first kappa shape index (κ1) is 10.8. The lowest BCUT2D eigenvalue weighted by molar-refractivity contribution is -0.144. The number of carbonyl (C=O) groups excluding carboxylic acids is 1. The third kappa shape index (κ3) is 2.09. The Morgan fingerprint density at radius 3 is 2.75 bits per heavy atom. The van der Waals surface area contributed by atoms with Gasteiger partial charge in [-0.25, -0.2) is 5.06 Å². The summed E-state index contributed by atoms with van der Waals surface area (Å²) in [6, 6.07) is 4.87. The number of amides is 1. The predicted octanol–water partition coefficient (Wildman–Crippen LogP) is 1.02. The summed E-state index contributed by atoms with van der Waals surface area (Å²) in [6.07, 6.45) is 1.95. The molecule has 1 aliphatic heterocycles. The molecule has 16 heavy (non-hydrogen) atoms. The SMILES string of the molecule is Nc1ccc(C(=O)N2CCCCO2)c(N)c1. The summed E-state index contributed by atoms with van der Waals surface area (Å²) in [5.74, 6) is -0.197. The minimum atomic E-state index is -0.197. The molecule has 1 fully saturated rings. The van der Waals surface area contributed by atoms with Gasteiger partial charge < -0.3 is 11.5 Å². The van der Waals surface area contributed by atoms with E-state index in [0.29, 0.717) is 30.1 Å². The topological polar surface area (TPSA) is 81.6 Å². The Morgan fingerprint density at radius 2 is 2.12 bits per heavy atom. The van der Waals surface area contributed by atoms with Gasteiger partial charge in [0.15, 0.2) is 0 Å². The molecule has 0 saturated carbocycles. The molecule has 86 valence electrons. The lowest BCUT2D eigenvalue weighted by atomic mass is 10.1. The molecule has 0 aliphatic carbocycles. The van der Waals surface area contributed by atoms with E-state index in [1.807, 2.05) is 0 Å². The maximum absolute atomic E-state index is 12.0. The Balaban J connectivity index is 2.19. The Labute approximate surface area is 93.9 Å². The van der Waals surface area contributed by atoms with E-state index in [0.717, 1.165) is 12.8 Å². The lowest BCUT2D eigenvalue weighted by Crippen LogP contribution is -2.36. The van der Waals surface area contributed by atoms with E-state index in [4.69, 9.17) is 16.3 Å². The third-order valence-electron chi connectivity index (χ3n) is 2.54. The first-order chi connectivity index (χ1) is 7.68. The number of carbonyl (C=O) groups is 1. The molecule has 0 bridgehead atoms. The molecule has 2 rings (SSSR count). The molecule has 0 spiro atoms. The van der Waals surface area contributed by atoms with Crippen LogP contribution in [0.2, 0.25) is 0 Å². The monoisotopic (exact) mass is 221 g/mol. The van der Waals surface area contributed by atoms with E-state index in [9.17, 15) is 4.79 Å². The van der Waals surface area contributed by atoms with Gasteiger partial charge >= 0.3 is 0 Å². The number of nitrogens with zero attached hydrogens (tertiary/aromatic N) is 1. The van der Waals surface area contributed by atoms with Gasteiger partial charge in [0.2, 0.25) is 0 Å². The Kier molecular flexibility index (Phi) is 2.96. The van der Waals surface area contributed by atoms with Crippen molar-refractivity contribution < 1.29 is 9.63 Å². The molecule has 1 amide bonds. The number of benzene rings is 1. The van der Waals surface area contributed by atoms with Crippen LogP contribution in [-0.2, 0) is 4.84 Å². The van der Waals surface area contributed by atoms with Crippen LogP contribution in [0, 0.1) is 0 Å². The van der Waals surface area contributed by atoms with Gasteiger partial charge in [-0.3, -0.25) is 9.63 Å². The van der Waals surface area contributed by atoms with Crippen molar-refractivity contribution in [2.24, 2.45) is 0 Å². The fourth-order valence-electron chi connectivity index (χ4n) is 1.67. The summed E-state index contributed by atoms with van der Waals surface area (Å²) >= 11 is 0. The number of nitrogens with two attached hydrogens (primary N) is 2. The summed E-state index contributed by atoms with van der Waals surface area (Å²) in [6.45, 7) is 1.20. The van der Waals surface area contributed by atoms with E-state index in [-0.39, 0.29) is 5.91 Å². The highest BCUT2D eigenvalue weighted by Crippen LogP contribution is 2.19. The number of nitrogen functional groups attached to an aromatic ring is 2. The summed E-state index contributed by atoms with van der Waals surface area (Å²) in [5, 5.41) is 1.37. The lowest BCUT2D eigenvalue weighted by Gasteiger charge is -2.26. The highest BCUT2D eigenvalue weighted by atomic mass is 16.7. The minimum absolute atomic E-state index is 0.197. The second kappa shape index (κ2) is 4.40. The van der Waals surface area contributed by atoms with Crippen LogP contribution < -0.4 is 11.5 Å². The van der Waals surface area contributed by atoms with Crippen molar-refractivity contribution in [2.75, 3.05) is 24.6 Å². The quantitative estimate of drug-likeness (QED) is 0.694. The Hall–Kier alpha value is -1.75. The molecule has 1 aromatic rings. The predicted molar refractivity (Wildman–Crippen MR) is 61.5 cm³/mol. The number of anilines is 2. The van der Waals surface area contributed by atoms with Crippen molar-refractivity contribution in [3.05, 3.63) is 23.8 Å². The average molecular weight is 221 g/mol. The molecule has 1 aromatic carbocycles. The second-order valence-electron chi connectivity index (χ2n) is 3.79. The molecular weight excluding hydrogens is 206 g/mol. The molecule has 1 heterocycles. The maximum atomic E-state index is 12.0. The molecule has 0 radical (unpaired) electrons. The van der Waals surface area contributed by atoms with Gasteiger partial charge in [-0.2, -0.15) is 0 Å². The largest absolute Gasteiger partial charge is 0.399 e. The summed E-state index contributed by atoms with van der Waals surface area (Å²) < 4.78 is 0. The van der Waals surface area contributed by atoms with E-state index in [2.05, 4.69) is 0 Å². The minimum Gasteiger partial charge on any atom is -0.399 e. The Bertz CT molecular complexity index is 400. The highest BCUT2D eigenvalue weighted by Gasteiger charge is 2.21. The van der Waals surface area contributed by atoms with Crippen molar-refractivity contribution >= 4 is 17.3 Å². The molecule has 0 aromatic heterocycles. The smallest absolute Gasteiger partial charge is 0.279 e. The molecular formula is C11H15N3O2. The normalized spacial score (nSPS) is 16.1. The summed E-state index contributed by atoms with van der Waals surface area (Å²) in [5.41, 5.74) is 12.7. The zero-order valence-electron chi connectivity index (χ0n) is 8.98. The van der Waals surface area contributed by atoms with Gasteiger partial charge in [0.05, 0.1) is 12.2 Å². The zero-order valence-corrected chi connectivity index (χ0v) is 8.98. The van der Waals surface area contributed by atoms with E-state index in [1.165, 1.54) is 5.06 Å². The van der Waals surface area contributed by atoms with Gasteiger partial charge in [-0.1, -0.05) is 0 Å². The average Bonchev–Trinajstić information content (AvgIpc) is 2.29. The summed E-state index contributed by atoms with van der Waals surface area (Å²) in [7, 11) is 0. The molecule has 0 atom stereocenters. The van der Waals surface area contributed by atoms with Gasteiger partial charge in [0.25, 0.3) is 5.91 Å². The van der Waals surface area contributed by atoms with Crippen molar-refractivity contribution in [2.45, 2.75) is 12.8 Å². The van der Waals surface area contributed by atoms with Crippen LogP contribution in [0.3, 0.4) is 0 Å². The first-order valence-electron chi connectivity index (χ1n) is 5.28. The number of hydrogen-bond acceptors (Lipinski definition) is 4. The Morgan fingerprint density at radius 1 is 1.31 bits per heavy atom. The maximum Gasteiger partial charge on any atom is 0.279 e. The van der Waals surface area contributed by atoms with E-state index in [1.54, 1.807) is 18.2 Å². The van der Waals surface area contributed by atoms with Crippen molar-refractivity contribution in [3.63, 3.8) is 0 Å². The number of rotatable bonds is 1. The van der Waals surface area contributed by atoms with Gasteiger partial charge in [-0.15, -0.1) is 0 Å². The van der Waals surface area contributed by atoms with Gasteiger partial charge in [0, 0.05) is 17.9 Å². The third-order valence-corrected chi connectivity index (χ3v) is 2.54. The van der Waals surface area contributed by atoms with Crippen LogP contribution in [-0.4, -0.2) is 24.1 Å². The van der Waals surface area contributed by atoms with Crippen LogP contribution in [0.15, 0.2) is 18.2 Å². The summed E-state index contributed by atoms with van der Waals surface area (Å²) in [4.78, 5) is 17.3. The van der Waals surface area contributed by atoms with Crippen molar-refractivity contribution in [3.8, 4) is 0 Å². The molecule has 5 nitrogen and oxygen atoms in total. The van der Waals surface area contributed by atoms with Crippen LogP contribution in [0.5, 0.6) is 0 Å². The fourth-order valence-corrected chi connectivity index (χ4v) is 1.67. The zero-order chi connectivity index (χ0) is 11.5. The second-order valence-corrected chi connectivity index (χ2v) is 3.79. The first-order valence-corrected chi connectivity index (χ1v) is 5.28. The molecule has 1 aliphatic rings. The van der Waals surface area contributed by atoms with Gasteiger partial charge in [-0.05, 0) is 31.0 Å². The fraction of sp³-hybridized carbons (Fsp3) is 0.364. The molecule has 0 unspecified atom stereocenters. The van der Waals surface area contributed by atoms with Crippen molar-refractivity contribution in [1.29, 1.82) is 0 Å². The highest BCUT2D eigenvalue weighted by molar-refractivity contribution is 5.99. The van der Waals surface area contributed by atoms with E-state index < -0.39 is 0 Å². The molecule has 4 N–H and O–H groups in total. The molecule has 1 saturated heterocycles. The standard InChI is InChI=1S/C11H15N3O2/c12-8-3-4-9(10(13)7-8)11(15)14-5-1-2-6-16-14/h3-4,7H,1-2,5-6,12-13H2. The van der Waals surface area contributed by atoms with Gasteiger partial charge in [0.1, 0.15) is 0 Å². The van der Waals surface area contributed by atoms with E-state index >= 15 is 0 Å². The number of hydroxylamine groups is 2. The van der Waals surface area contributed by atoms with Crippen LogP contribution >= 0.6 is 0 Å². The molecule has 5 heteroatoms. The van der Waals surface area contributed by atoms with Crippen LogP contribution in [0.4, 0.5) is 11.4 Å². The van der Waals surface area contributed by atoms with Crippen LogP contribution in [0.25, 0.3) is 0 Å². The van der Waals surface area contributed by atoms with Crippen LogP contribution in [0.1, 0.15) is 23.2 Å². The number of hydrogen-bond donors (Lipinski definition) is 2.